The van der Waals surface area contributed by atoms with Crippen LogP contribution in [0.4, 0.5) is 0 Å². The van der Waals surface area contributed by atoms with E-state index in [0.29, 0.717) is 0 Å². The minimum absolute atomic E-state index is 0.0279. The van der Waals surface area contributed by atoms with Gasteiger partial charge in [0, 0.05) is 5.92 Å². The van der Waals surface area contributed by atoms with Crippen LogP contribution >= 0.6 is 0 Å². The van der Waals surface area contributed by atoms with Gasteiger partial charge in [0.05, 0.1) is 0 Å². The first-order valence-corrected chi connectivity index (χ1v) is 8.58. The molecule has 0 aliphatic heterocycles. The number of nitrogens with two attached hydrogens (primary N) is 2. The molecule has 136 valence electrons. The van der Waals surface area contributed by atoms with Crippen molar-refractivity contribution >= 4 is 11.9 Å². The molecule has 1 unspecified atom stereocenters. The zero-order valence-electron chi connectivity index (χ0n) is 14.3. The molecule has 0 aromatic heterocycles. The molecule has 26 heavy (non-hydrogen) atoms. The van der Waals surface area contributed by atoms with E-state index in [4.69, 9.17) is 21.3 Å². The number of hydrogen-bond donors (Lipinski definition) is 3. The second-order valence-electron chi connectivity index (χ2n) is 6.49. The van der Waals surface area contributed by atoms with Crippen LogP contribution in [0.15, 0.2) is 48.5 Å². The first-order valence-electron chi connectivity index (χ1n) is 8.58. The van der Waals surface area contributed by atoms with Crippen LogP contribution in [0.1, 0.15) is 29.9 Å². The van der Waals surface area contributed by atoms with Gasteiger partial charge in [-0.05, 0) is 35.1 Å². The molecular formula is C20H22N2O4. The summed E-state index contributed by atoms with van der Waals surface area (Å²) in [5.41, 5.74) is 15.8. The number of carboxylic acid groups (broad SMARTS) is 1. The predicted molar refractivity (Wildman–Crippen MR) is 97.5 cm³/mol. The van der Waals surface area contributed by atoms with Crippen molar-refractivity contribution in [2.45, 2.75) is 30.8 Å². The first-order chi connectivity index (χ1) is 12.5. The third-order valence-corrected chi connectivity index (χ3v) is 4.76. The topological polar surface area (TPSA) is 116 Å². The predicted octanol–water partition coefficient (Wildman–Crippen LogP) is 1.86. The molecule has 0 spiro atoms. The number of benzene rings is 2. The molecule has 5 N–H and O–H groups in total. The highest BCUT2D eigenvalue weighted by Gasteiger charge is 2.29. The molecule has 2 aromatic carbocycles. The van der Waals surface area contributed by atoms with Crippen molar-refractivity contribution in [1.82, 2.24) is 0 Å². The van der Waals surface area contributed by atoms with E-state index in [9.17, 15) is 9.59 Å². The normalized spacial score (nSPS) is 15.0. The highest BCUT2D eigenvalue weighted by atomic mass is 16.5. The largest absolute Gasteiger partial charge is 0.480 e. The van der Waals surface area contributed by atoms with Crippen molar-refractivity contribution < 1.29 is 19.4 Å². The van der Waals surface area contributed by atoms with Crippen LogP contribution in [0, 0.1) is 0 Å². The van der Waals surface area contributed by atoms with Crippen LogP contribution in [0.25, 0.3) is 11.1 Å². The number of hydrogen-bond acceptors (Lipinski definition) is 5. The second-order valence-corrected chi connectivity index (χ2v) is 6.49. The lowest BCUT2D eigenvalue weighted by Gasteiger charge is -2.17. The van der Waals surface area contributed by atoms with E-state index in [1.807, 2.05) is 36.4 Å². The van der Waals surface area contributed by atoms with Gasteiger partial charge in [-0.15, -0.1) is 0 Å². The molecule has 0 saturated heterocycles. The van der Waals surface area contributed by atoms with Gasteiger partial charge < -0.3 is 21.3 Å². The Balaban J connectivity index is 1.64. The number of aliphatic carboxylic acids is 1. The molecule has 0 fully saturated rings. The number of rotatable bonds is 7. The summed E-state index contributed by atoms with van der Waals surface area (Å²) in [4.78, 5) is 22.9. The number of esters is 1. The Morgan fingerprint density at radius 1 is 0.923 bits per heavy atom. The molecule has 0 radical (unpaired) electrons. The van der Waals surface area contributed by atoms with E-state index in [1.54, 1.807) is 0 Å². The Morgan fingerprint density at radius 3 is 1.96 bits per heavy atom. The standard InChI is InChI=1S/C20H22N2O4/c21-17(19(23)24)9-10-18(22)20(25)26-11-16-14-7-3-1-5-12(14)13-6-2-4-8-15(13)16/h1-8,16-18H,9-11,21-22H2,(H,23,24)/t17-,18?/m1/s1. The van der Waals surface area contributed by atoms with Crippen LogP contribution < -0.4 is 11.5 Å². The van der Waals surface area contributed by atoms with Gasteiger partial charge in [-0.25, -0.2) is 0 Å². The number of carboxylic acids is 1. The monoisotopic (exact) mass is 354 g/mol. The van der Waals surface area contributed by atoms with Gasteiger partial charge in [0.15, 0.2) is 0 Å². The zero-order chi connectivity index (χ0) is 18.7. The van der Waals surface area contributed by atoms with Gasteiger partial charge >= 0.3 is 11.9 Å². The van der Waals surface area contributed by atoms with Gasteiger partial charge in [-0.1, -0.05) is 48.5 Å². The molecule has 1 aliphatic carbocycles. The van der Waals surface area contributed by atoms with Crippen LogP contribution in [-0.2, 0) is 14.3 Å². The molecule has 0 amide bonds. The fourth-order valence-electron chi connectivity index (χ4n) is 3.31. The average molecular weight is 354 g/mol. The van der Waals surface area contributed by atoms with Crippen LogP contribution in [0.5, 0.6) is 0 Å². The van der Waals surface area contributed by atoms with Crippen molar-refractivity contribution in [2.24, 2.45) is 11.5 Å². The first kappa shape index (κ1) is 18.1. The minimum atomic E-state index is -1.11. The van der Waals surface area contributed by atoms with E-state index in [0.717, 1.165) is 22.3 Å². The third-order valence-electron chi connectivity index (χ3n) is 4.76. The van der Waals surface area contributed by atoms with E-state index in [1.165, 1.54) is 0 Å². The fraction of sp³-hybridized carbons (Fsp3) is 0.300. The summed E-state index contributed by atoms with van der Waals surface area (Å²) in [6, 6.07) is 14.2. The Kier molecular flexibility index (Phi) is 5.35. The Labute approximate surface area is 151 Å². The van der Waals surface area contributed by atoms with Gasteiger partial charge in [-0.3, -0.25) is 9.59 Å². The smallest absolute Gasteiger partial charge is 0.322 e. The van der Waals surface area contributed by atoms with E-state index in [-0.39, 0.29) is 25.4 Å². The maximum absolute atomic E-state index is 12.2. The lowest BCUT2D eigenvalue weighted by atomic mass is 9.98. The van der Waals surface area contributed by atoms with Gasteiger partial charge in [0.2, 0.25) is 0 Å². The number of carbonyl (C=O) groups excluding carboxylic acids is 1. The molecule has 2 aromatic rings. The minimum Gasteiger partial charge on any atom is -0.480 e. The van der Waals surface area contributed by atoms with Crippen molar-refractivity contribution in [3.05, 3.63) is 59.7 Å². The van der Waals surface area contributed by atoms with E-state index < -0.39 is 24.0 Å². The number of carbonyl (C=O) groups is 2. The Hall–Kier alpha value is -2.70. The lowest BCUT2D eigenvalue weighted by molar-refractivity contribution is -0.146. The molecule has 6 nitrogen and oxygen atoms in total. The summed E-state index contributed by atoms with van der Waals surface area (Å²) in [5.74, 6) is -1.67. The quantitative estimate of drug-likeness (QED) is 0.654. The van der Waals surface area contributed by atoms with Gasteiger partial charge in [0.1, 0.15) is 18.7 Å². The summed E-state index contributed by atoms with van der Waals surface area (Å²) in [7, 11) is 0. The van der Waals surface area contributed by atoms with Crippen LogP contribution in [0.2, 0.25) is 0 Å². The van der Waals surface area contributed by atoms with Crippen LogP contribution in [-0.4, -0.2) is 35.7 Å². The maximum atomic E-state index is 12.2. The molecule has 0 saturated carbocycles. The summed E-state index contributed by atoms with van der Waals surface area (Å²) >= 11 is 0. The molecule has 0 heterocycles. The SMILES string of the molecule is NC(CC[C@@H](N)C(=O)O)C(=O)OCC1c2ccccc2-c2ccccc21. The molecule has 0 bridgehead atoms. The second kappa shape index (κ2) is 7.68. The maximum Gasteiger partial charge on any atom is 0.322 e. The van der Waals surface area contributed by atoms with Crippen molar-refractivity contribution in [2.75, 3.05) is 6.61 Å². The summed E-state index contributed by atoms with van der Waals surface area (Å²) in [6.45, 7) is 0.200. The van der Waals surface area contributed by atoms with Gasteiger partial charge in [0.25, 0.3) is 0 Å². The zero-order valence-corrected chi connectivity index (χ0v) is 14.3. The fourth-order valence-corrected chi connectivity index (χ4v) is 3.31. The highest BCUT2D eigenvalue weighted by molar-refractivity contribution is 5.80. The molecule has 2 atom stereocenters. The van der Waals surface area contributed by atoms with E-state index in [2.05, 4.69) is 12.1 Å². The lowest BCUT2D eigenvalue weighted by Crippen LogP contribution is -2.37. The van der Waals surface area contributed by atoms with Crippen molar-refractivity contribution in [1.29, 1.82) is 0 Å². The third kappa shape index (κ3) is 3.61. The summed E-state index contributed by atoms with van der Waals surface area (Å²) in [6.07, 6.45) is 0.296. The van der Waals surface area contributed by atoms with E-state index >= 15 is 0 Å². The summed E-state index contributed by atoms with van der Waals surface area (Å²) in [5, 5.41) is 8.78. The number of fused-ring (bicyclic) bond motifs is 3. The summed E-state index contributed by atoms with van der Waals surface area (Å²) < 4.78 is 5.44. The molecule has 1 aliphatic rings. The van der Waals surface area contributed by atoms with Crippen molar-refractivity contribution in [3.8, 4) is 11.1 Å². The van der Waals surface area contributed by atoms with Crippen molar-refractivity contribution in [3.63, 3.8) is 0 Å². The molecular weight excluding hydrogens is 332 g/mol. The molecule has 3 rings (SSSR count). The number of ether oxygens (including phenoxy) is 1. The Bertz CT molecular complexity index is 775. The average Bonchev–Trinajstić information content (AvgIpc) is 2.97. The highest BCUT2D eigenvalue weighted by Crippen LogP contribution is 2.44. The van der Waals surface area contributed by atoms with Gasteiger partial charge in [-0.2, -0.15) is 0 Å². The van der Waals surface area contributed by atoms with Crippen LogP contribution in [0.3, 0.4) is 0 Å². The molecule has 6 heteroatoms. The Morgan fingerprint density at radius 2 is 1.42 bits per heavy atom.